The first-order chi connectivity index (χ1) is 8.34. The van der Waals surface area contributed by atoms with E-state index in [2.05, 4.69) is 5.32 Å². The number of quaternary nitrogens is 1. The summed E-state index contributed by atoms with van der Waals surface area (Å²) in [4.78, 5) is 0. The van der Waals surface area contributed by atoms with E-state index in [1.165, 1.54) is 12.8 Å². The molecule has 1 atom stereocenters. The number of hydrogen-bond donors (Lipinski definition) is 1. The molecule has 1 fully saturated rings. The maximum Gasteiger partial charge on any atom is 0.137 e. The molecule has 17 heavy (non-hydrogen) atoms. The maximum absolute atomic E-state index is 5.79. The van der Waals surface area contributed by atoms with E-state index < -0.39 is 0 Å². The summed E-state index contributed by atoms with van der Waals surface area (Å²) in [6.07, 6.45) is 2.86. The van der Waals surface area contributed by atoms with E-state index in [0.29, 0.717) is 12.7 Å². The molecule has 1 saturated heterocycles. The smallest absolute Gasteiger partial charge is 0.137 e. The lowest BCUT2D eigenvalue weighted by Crippen LogP contribution is -2.87. The summed E-state index contributed by atoms with van der Waals surface area (Å²) in [6.45, 7) is 3.65. The molecule has 2 N–H and O–H groups in total. The predicted octanol–water partition coefficient (Wildman–Crippen LogP) is 1.46. The van der Waals surface area contributed by atoms with E-state index in [4.69, 9.17) is 21.1 Å². The van der Waals surface area contributed by atoms with E-state index in [0.717, 1.165) is 30.5 Å². The molecule has 0 amide bonds. The Kier molecular flexibility index (Phi) is 5.10. The molecule has 94 valence electrons. The molecule has 1 aliphatic rings. The van der Waals surface area contributed by atoms with Crippen molar-refractivity contribution < 1.29 is 14.8 Å². The second kappa shape index (κ2) is 6.84. The second-order valence-corrected chi connectivity index (χ2v) is 4.69. The maximum atomic E-state index is 5.79. The van der Waals surface area contributed by atoms with Crippen molar-refractivity contribution >= 4 is 11.6 Å². The number of halogens is 1. The third-order valence-electron chi connectivity index (χ3n) is 2.86. The number of benzene rings is 1. The van der Waals surface area contributed by atoms with Gasteiger partial charge in [-0.25, -0.2) is 0 Å². The summed E-state index contributed by atoms with van der Waals surface area (Å²) in [5.41, 5.74) is 0. The van der Waals surface area contributed by atoms with Crippen LogP contribution in [0.4, 0.5) is 0 Å². The van der Waals surface area contributed by atoms with Gasteiger partial charge in [-0.05, 0) is 37.1 Å². The van der Waals surface area contributed by atoms with Gasteiger partial charge in [0.05, 0.1) is 0 Å². The van der Waals surface area contributed by atoms with Crippen LogP contribution in [0.15, 0.2) is 24.3 Å². The number of nitrogens with two attached hydrogens (primary N) is 1. The minimum Gasteiger partial charge on any atom is -0.488 e. The van der Waals surface area contributed by atoms with Gasteiger partial charge >= 0.3 is 0 Å². The van der Waals surface area contributed by atoms with Crippen molar-refractivity contribution in [2.24, 2.45) is 0 Å². The normalized spacial score (nSPS) is 19.5. The summed E-state index contributed by atoms with van der Waals surface area (Å²) in [6, 6.07) is 7.46. The van der Waals surface area contributed by atoms with Gasteiger partial charge in [0.2, 0.25) is 0 Å². The largest absolute Gasteiger partial charge is 0.488 e. The van der Waals surface area contributed by atoms with Crippen molar-refractivity contribution in [1.29, 1.82) is 0 Å². The van der Waals surface area contributed by atoms with Crippen LogP contribution in [-0.2, 0) is 4.74 Å². The fourth-order valence-electron chi connectivity index (χ4n) is 1.92. The highest BCUT2D eigenvalue weighted by atomic mass is 35.5. The van der Waals surface area contributed by atoms with Crippen molar-refractivity contribution in [2.75, 3.05) is 26.3 Å². The summed E-state index contributed by atoms with van der Waals surface area (Å²) in [5, 5.41) is 2.99. The highest BCUT2D eigenvalue weighted by Crippen LogP contribution is 2.15. The van der Waals surface area contributed by atoms with Crippen LogP contribution < -0.4 is 10.1 Å². The van der Waals surface area contributed by atoms with E-state index in [-0.39, 0.29) is 0 Å². The van der Waals surface area contributed by atoms with Crippen LogP contribution in [0.25, 0.3) is 0 Å². The summed E-state index contributed by atoms with van der Waals surface area (Å²) < 4.78 is 11.1. The summed E-state index contributed by atoms with van der Waals surface area (Å²) >= 11 is 5.79. The van der Waals surface area contributed by atoms with E-state index in [1.807, 2.05) is 24.3 Å². The van der Waals surface area contributed by atoms with Crippen molar-refractivity contribution in [1.82, 2.24) is 0 Å². The molecule has 1 aliphatic heterocycles. The molecule has 0 unspecified atom stereocenters. The monoisotopic (exact) mass is 256 g/mol. The minimum absolute atomic E-state index is 0.450. The zero-order valence-electron chi connectivity index (χ0n) is 9.90. The standard InChI is InChI=1S/C13H18ClNO2/c14-11-3-5-12(6-4-11)17-9-7-15-10-13-2-1-8-16-13/h3-6,13,15H,1-2,7-10H2/p+1/t13-/m1/s1. The zero-order valence-corrected chi connectivity index (χ0v) is 10.7. The third-order valence-corrected chi connectivity index (χ3v) is 3.11. The average molecular weight is 257 g/mol. The van der Waals surface area contributed by atoms with Crippen LogP contribution in [0.1, 0.15) is 12.8 Å². The lowest BCUT2D eigenvalue weighted by Gasteiger charge is -2.08. The van der Waals surface area contributed by atoms with Crippen molar-refractivity contribution in [3.8, 4) is 5.75 Å². The second-order valence-electron chi connectivity index (χ2n) is 4.25. The van der Waals surface area contributed by atoms with Crippen LogP contribution in [0, 0.1) is 0 Å². The Labute approximate surface area is 107 Å². The predicted molar refractivity (Wildman–Crippen MR) is 67.6 cm³/mol. The third kappa shape index (κ3) is 4.54. The SMILES string of the molecule is Clc1ccc(OCC[NH2+]C[C@H]2CCCO2)cc1. The van der Waals surface area contributed by atoms with E-state index >= 15 is 0 Å². The molecule has 1 aromatic carbocycles. The van der Waals surface area contributed by atoms with Gasteiger partial charge in [-0.1, -0.05) is 11.6 Å². The van der Waals surface area contributed by atoms with Crippen LogP contribution in [0.2, 0.25) is 5.02 Å². The van der Waals surface area contributed by atoms with Crippen molar-refractivity contribution in [3.63, 3.8) is 0 Å². The quantitative estimate of drug-likeness (QED) is 0.783. The summed E-state index contributed by atoms with van der Waals surface area (Å²) in [5.74, 6) is 0.875. The molecule has 0 spiro atoms. The Morgan fingerprint density at radius 1 is 1.35 bits per heavy atom. The van der Waals surface area contributed by atoms with Crippen LogP contribution in [0.5, 0.6) is 5.75 Å². The molecule has 2 rings (SSSR count). The molecule has 0 saturated carbocycles. The molecule has 4 heteroatoms. The Balaban J connectivity index is 1.55. The molecular weight excluding hydrogens is 238 g/mol. The number of hydrogen-bond acceptors (Lipinski definition) is 2. The zero-order chi connectivity index (χ0) is 11.9. The topological polar surface area (TPSA) is 35.1 Å². The van der Waals surface area contributed by atoms with Crippen molar-refractivity contribution in [2.45, 2.75) is 18.9 Å². The Bertz CT molecular complexity index is 323. The molecular formula is C13H19ClNO2+. The van der Waals surface area contributed by atoms with Crippen LogP contribution in [0.3, 0.4) is 0 Å². The molecule has 3 nitrogen and oxygen atoms in total. The van der Waals surface area contributed by atoms with Gasteiger partial charge in [0.15, 0.2) is 0 Å². The van der Waals surface area contributed by atoms with Gasteiger partial charge < -0.3 is 14.8 Å². The number of rotatable bonds is 6. The fraction of sp³-hybridized carbons (Fsp3) is 0.538. The fourth-order valence-corrected chi connectivity index (χ4v) is 2.05. The molecule has 1 aromatic rings. The van der Waals surface area contributed by atoms with Crippen LogP contribution in [-0.4, -0.2) is 32.4 Å². The lowest BCUT2D eigenvalue weighted by atomic mass is 10.2. The molecule has 0 aliphatic carbocycles. The highest BCUT2D eigenvalue weighted by molar-refractivity contribution is 6.30. The van der Waals surface area contributed by atoms with Crippen LogP contribution >= 0.6 is 11.6 Å². The highest BCUT2D eigenvalue weighted by Gasteiger charge is 2.16. The first-order valence-electron chi connectivity index (χ1n) is 6.16. The van der Waals surface area contributed by atoms with E-state index in [9.17, 15) is 0 Å². The van der Waals surface area contributed by atoms with Gasteiger partial charge in [0.1, 0.15) is 31.5 Å². The molecule has 0 radical (unpaired) electrons. The minimum atomic E-state index is 0.450. The average Bonchev–Trinajstić information content (AvgIpc) is 2.84. The molecule has 1 heterocycles. The van der Waals surface area contributed by atoms with Crippen molar-refractivity contribution in [3.05, 3.63) is 29.3 Å². The lowest BCUT2D eigenvalue weighted by molar-refractivity contribution is -0.661. The Morgan fingerprint density at radius 2 is 2.18 bits per heavy atom. The molecule has 0 aromatic heterocycles. The number of ether oxygens (including phenoxy) is 2. The van der Waals surface area contributed by atoms with Gasteiger partial charge in [0, 0.05) is 11.6 Å². The first kappa shape index (κ1) is 12.7. The van der Waals surface area contributed by atoms with Gasteiger partial charge in [0.25, 0.3) is 0 Å². The van der Waals surface area contributed by atoms with Gasteiger partial charge in [-0.3, -0.25) is 0 Å². The summed E-state index contributed by atoms with van der Waals surface area (Å²) in [7, 11) is 0. The first-order valence-corrected chi connectivity index (χ1v) is 6.54. The molecule has 0 bridgehead atoms. The van der Waals surface area contributed by atoms with E-state index in [1.54, 1.807) is 0 Å². The Hall–Kier alpha value is -0.770. The Morgan fingerprint density at radius 3 is 2.88 bits per heavy atom. The van der Waals surface area contributed by atoms with Gasteiger partial charge in [-0.15, -0.1) is 0 Å². The van der Waals surface area contributed by atoms with Gasteiger partial charge in [-0.2, -0.15) is 0 Å².